The molecule has 0 radical (unpaired) electrons. The van der Waals surface area contributed by atoms with Crippen molar-refractivity contribution in [2.45, 2.75) is 32.7 Å². The van der Waals surface area contributed by atoms with Crippen LogP contribution < -0.4 is 10.5 Å². The van der Waals surface area contributed by atoms with E-state index in [4.69, 9.17) is 10.5 Å². The van der Waals surface area contributed by atoms with Crippen LogP contribution in [0.5, 0.6) is 5.75 Å². The van der Waals surface area contributed by atoms with E-state index in [1.165, 1.54) is 0 Å². The Morgan fingerprint density at radius 3 is 2.95 bits per heavy atom. The van der Waals surface area contributed by atoms with Crippen molar-refractivity contribution in [3.63, 3.8) is 0 Å². The first kappa shape index (κ1) is 13.9. The standard InChI is InChI=1S/C15H22N2O2/c1-11-3-4-12(2)14(9-11)19-8-6-15(18)17-7-5-13(16)10-17/h3-4,9,13H,5-8,10,16H2,1-2H3/t13-/m1/s1. The highest BCUT2D eigenvalue weighted by Gasteiger charge is 2.23. The summed E-state index contributed by atoms with van der Waals surface area (Å²) in [5.74, 6) is 1.00. The lowest BCUT2D eigenvalue weighted by Gasteiger charge is -2.16. The molecule has 19 heavy (non-hydrogen) atoms. The number of amides is 1. The van der Waals surface area contributed by atoms with Gasteiger partial charge in [-0.25, -0.2) is 0 Å². The topological polar surface area (TPSA) is 55.6 Å². The first-order valence-electron chi connectivity index (χ1n) is 6.79. The van der Waals surface area contributed by atoms with Gasteiger partial charge in [-0.3, -0.25) is 4.79 Å². The monoisotopic (exact) mass is 262 g/mol. The van der Waals surface area contributed by atoms with Crippen LogP contribution in [0.2, 0.25) is 0 Å². The van der Waals surface area contributed by atoms with Gasteiger partial charge in [-0.15, -0.1) is 0 Å². The number of rotatable bonds is 4. The van der Waals surface area contributed by atoms with Crippen molar-refractivity contribution in [3.8, 4) is 5.75 Å². The Bertz CT molecular complexity index is 459. The number of benzene rings is 1. The lowest BCUT2D eigenvalue weighted by molar-refractivity contribution is -0.130. The summed E-state index contributed by atoms with van der Waals surface area (Å²) in [6, 6.07) is 6.24. The van der Waals surface area contributed by atoms with E-state index < -0.39 is 0 Å². The summed E-state index contributed by atoms with van der Waals surface area (Å²) >= 11 is 0. The molecule has 1 aromatic carbocycles. The quantitative estimate of drug-likeness (QED) is 0.897. The third-order valence-electron chi connectivity index (χ3n) is 3.49. The van der Waals surface area contributed by atoms with Gasteiger partial charge in [0, 0.05) is 19.1 Å². The SMILES string of the molecule is Cc1ccc(C)c(OCCC(=O)N2CC[C@@H](N)C2)c1. The van der Waals surface area contributed by atoms with Crippen LogP contribution in [0.25, 0.3) is 0 Å². The van der Waals surface area contributed by atoms with E-state index in [1.807, 2.05) is 30.9 Å². The van der Waals surface area contributed by atoms with Gasteiger partial charge in [0.05, 0.1) is 13.0 Å². The van der Waals surface area contributed by atoms with Gasteiger partial charge in [-0.2, -0.15) is 0 Å². The second-order valence-electron chi connectivity index (χ2n) is 5.26. The van der Waals surface area contributed by atoms with Gasteiger partial charge in [0.25, 0.3) is 0 Å². The fraction of sp³-hybridized carbons (Fsp3) is 0.533. The van der Waals surface area contributed by atoms with E-state index in [9.17, 15) is 4.79 Å². The predicted octanol–water partition coefficient (Wildman–Crippen LogP) is 1.63. The Balaban J connectivity index is 1.80. The van der Waals surface area contributed by atoms with Crippen molar-refractivity contribution in [2.24, 2.45) is 5.73 Å². The Kier molecular flexibility index (Phi) is 4.43. The molecule has 1 aliphatic rings. The van der Waals surface area contributed by atoms with Crippen molar-refractivity contribution in [1.29, 1.82) is 0 Å². The van der Waals surface area contributed by atoms with E-state index >= 15 is 0 Å². The molecule has 1 atom stereocenters. The lowest BCUT2D eigenvalue weighted by Crippen LogP contribution is -2.32. The van der Waals surface area contributed by atoms with Crippen molar-refractivity contribution in [3.05, 3.63) is 29.3 Å². The summed E-state index contributed by atoms with van der Waals surface area (Å²) in [6.45, 7) is 5.93. The van der Waals surface area contributed by atoms with E-state index in [0.29, 0.717) is 19.6 Å². The summed E-state index contributed by atoms with van der Waals surface area (Å²) in [6.07, 6.45) is 1.32. The molecule has 4 nitrogen and oxygen atoms in total. The zero-order chi connectivity index (χ0) is 13.8. The van der Waals surface area contributed by atoms with Crippen LogP contribution in [0.4, 0.5) is 0 Å². The number of nitrogens with zero attached hydrogens (tertiary/aromatic N) is 1. The van der Waals surface area contributed by atoms with Gasteiger partial charge in [0.1, 0.15) is 5.75 Å². The van der Waals surface area contributed by atoms with E-state index in [0.717, 1.165) is 29.8 Å². The number of nitrogens with two attached hydrogens (primary N) is 1. The largest absolute Gasteiger partial charge is 0.493 e. The molecule has 1 saturated heterocycles. The molecule has 0 aliphatic carbocycles. The molecule has 1 amide bonds. The van der Waals surface area contributed by atoms with Crippen molar-refractivity contribution < 1.29 is 9.53 Å². The Hall–Kier alpha value is -1.55. The third-order valence-corrected chi connectivity index (χ3v) is 3.49. The van der Waals surface area contributed by atoms with Crippen LogP contribution in [-0.2, 0) is 4.79 Å². The van der Waals surface area contributed by atoms with Crippen molar-refractivity contribution in [1.82, 2.24) is 4.90 Å². The van der Waals surface area contributed by atoms with Crippen LogP contribution in [0.3, 0.4) is 0 Å². The lowest BCUT2D eigenvalue weighted by atomic mass is 10.1. The van der Waals surface area contributed by atoms with Gasteiger partial charge in [-0.1, -0.05) is 12.1 Å². The molecule has 2 rings (SSSR count). The maximum absolute atomic E-state index is 11.9. The van der Waals surface area contributed by atoms with E-state index in [2.05, 4.69) is 6.07 Å². The number of likely N-dealkylation sites (tertiary alicyclic amines) is 1. The average Bonchev–Trinajstić information content (AvgIpc) is 2.80. The molecular weight excluding hydrogens is 240 g/mol. The fourth-order valence-electron chi connectivity index (χ4n) is 2.28. The number of carbonyl (C=O) groups excluding carboxylic acids is 1. The van der Waals surface area contributed by atoms with Crippen LogP contribution >= 0.6 is 0 Å². The molecular formula is C15H22N2O2. The Morgan fingerprint density at radius 2 is 2.26 bits per heavy atom. The number of ether oxygens (including phenoxy) is 1. The van der Waals surface area contributed by atoms with Crippen LogP contribution in [0.15, 0.2) is 18.2 Å². The highest BCUT2D eigenvalue weighted by molar-refractivity contribution is 5.76. The fourth-order valence-corrected chi connectivity index (χ4v) is 2.28. The first-order chi connectivity index (χ1) is 9.06. The minimum absolute atomic E-state index is 0.137. The summed E-state index contributed by atoms with van der Waals surface area (Å²) in [7, 11) is 0. The second-order valence-corrected chi connectivity index (χ2v) is 5.26. The van der Waals surface area contributed by atoms with Gasteiger partial charge < -0.3 is 15.4 Å². The molecule has 4 heteroatoms. The molecule has 1 aliphatic heterocycles. The van der Waals surface area contributed by atoms with E-state index in [-0.39, 0.29) is 11.9 Å². The predicted molar refractivity (Wildman–Crippen MR) is 75.2 cm³/mol. The molecule has 1 fully saturated rings. The first-order valence-corrected chi connectivity index (χ1v) is 6.79. The molecule has 0 unspecified atom stereocenters. The molecule has 0 saturated carbocycles. The minimum Gasteiger partial charge on any atom is -0.493 e. The average molecular weight is 262 g/mol. The summed E-state index contributed by atoms with van der Waals surface area (Å²) in [4.78, 5) is 13.8. The molecule has 0 spiro atoms. The van der Waals surface area contributed by atoms with Crippen LogP contribution in [0, 0.1) is 13.8 Å². The molecule has 0 bridgehead atoms. The third kappa shape index (κ3) is 3.70. The second kappa shape index (κ2) is 6.06. The molecule has 104 valence electrons. The smallest absolute Gasteiger partial charge is 0.226 e. The highest BCUT2D eigenvalue weighted by atomic mass is 16.5. The molecule has 1 aromatic rings. The van der Waals surface area contributed by atoms with Gasteiger partial charge >= 0.3 is 0 Å². The summed E-state index contributed by atoms with van der Waals surface area (Å²) in [5.41, 5.74) is 8.06. The van der Waals surface area contributed by atoms with Crippen molar-refractivity contribution in [2.75, 3.05) is 19.7 Å². The number of aryl methyl sites for hydroxylation is 2. The normalized spacial score (nSPS) is 18.7. The maximum Gasteiger partial charge on any atom is 0.226 e. The Labute approximate surface area is 114 Å². The van der Waals surface area contributed by atoms with Gasteiger partial charge in [0.15, 0.2) is 0 Å². The molecule has 0 aromatic heterocycles. The molecule has 1 heterocycles. The minimum atomic E-state index is 0.137. The summed E-state index contributed by atoms with van der Waals surface area (Å²) in [5, 5.41) is 0. The zero-order valence-electron chi connectivity index (χ0n) is 11.7. The summed E-state index contributed by atoms with van der Waals surface area (Å²) < 4.78 is 5.70. The maximum atomic E-state index is 11.9. The van der Waals surface area contributed by atoms with Gasteiger partial charge in [-0.05, 0) is 37.5 Å². The Morgan fingerprint density at radius 1 is 1.47 bits per heavy atom. The zero-order valence-corrected chi connectivity index (χ0v) is 11.7. The number of hydrogen-bond donors (Lipinski definition) is 1. The van der Waals surface area contributed by atoms with E-state index in [1.54, 1.807) is 0 Å². The molecule has 2 N–H and O–H groups in total. The van der Waals surface area contributed by atoms with Crippen molar-refractivity contribution >= 4 is 5.91 Å². The van der Waals surface area contributed by atoms with Crippen LogP contribution in [0.1, 0.15) is 24.0 Å². The van der Waals surface area contributed by atoms with Crippen LogP contribution in [-0.4, -0.2) is 36.5 Å². The number of carbonyl (C=O) groups is 1. The van der Waals surface area contributed by atoms with Gasteiger partial charge in [0.2, 0.25) is 5.91 Å². The number of hydrogen-bond acceptors (Lipinski definition) is 3. The highest BCUT2D eigenvalue weighted by Crippen LogP contribution is 2.19.